The molecule has 0 aliphatic rings. The first kappa shape index (κ1) is 18.3. The van der Waals surface area contributed by atoms with Crippen molar-refractivity contribution in [3.63, 3.8) is 0 Å². The normalized spacial score (nSPS) is 12.0. The fraction of sp³-hybridized carbons (Fsp3) is 0.476. The van der Waals surface area contributed by atoms with E-state index in [1.807, 2.05) is 0 Å². The number of hydrogen-bond acceptors (Lipinski definition) is 0. The molecule has 0 aliphatic heterocycles. The van der Waals surface area contributed by atoms with Gasteiger partial charge in [0.25, 0.3) is 0 Å². The third-order valence-corrected chi connectivity index (χ3v) is 9.00. The van der Waals surface area contributed by atoms with Crippen molar-refractivity contribution in [3.8, 4) is 11.3 Å². The molecule has 1 heterocycles. The quantitative estimate of drug-likeness (QED) is 0.549. The average Bonchev–Trinajstić information content (AvgIpc) is 2.41. The van der Waals surface area contributed by atoms with Crippen molar-refractivity contribution >= 4 is 17.7 Å². The van der Waals surface area contributed by atoms with Gasteiger partial charge in [-0.15, -0.1) is 0 Å². The van der Waals surface area contributed by atoms with Gasteiger partial charge in [0.05, 0.1) is 0 Å². The minimum absolute atomic E-state index is 0.692. The van der Waals surface area contributed by atoms with Crippen molar-refractivity contribution in [2.45, 2.75) is 51.4 Å². The Morgan fingerprint density at radius 3 is 2.22 bits per heavy atom. The van der Waals surface area contributed by atoms with Crippen molar-refractivity contribution in [1.82, 2.24) is 0 Å². The first-order chi connectivity index (χ1) is 10.6. The number of pyridine rings is 1. The average molecular weight is 371 g/mol. The molecule has 2 rings (SSSR count). The predicted octanol–water partition coefficient (Wildman–Crippen LogP) is 4.54. The molecule has 1 aromatic heterocycles. The van der Waals surface area contributed by atoms with E-state index in [9.17, 15) is 0 Å². The number of nitrogens with zero attached hydrogens (tertiary/aromatic N) is 1. The Balaban J connectivity index is 2.56. The van der Waals surface area contributed by atoms with E-state index in [1.54, 1.807) is 4.40 Å². The van der Waals surface area contributed by atoms with Gasteiger partial charge in [-0.2, -0.15) is 0 Å². The van der Waals surface area contributed by atoms with Crippen LogP contribution in [0.5, 0.6) is 0 Å². The van der Waals surface area contributed by atoms with E-state index in [0.29, 0.717) is 5.92 Å². The van der Waals surface area contributed by atoms with Gasteiger partial charge in [-0.05, 0) is 0 Å². The van der Waals surface area contributed by atoms with E-state index in [1.165, 1.54) is 27.9 Å². The minimum atomic E-state index is -1.82. The molecule has 2 heteroatoms. The van der Waals surface area contributed by atoms with Crippen molar-refractivity contribution in [2.24, 2.45) is 13.0 Å². The monoisotopic (exact) mass is 372 g/mol. The van der Waals surface area contributed by atoms with Crippen molar-refractivity contribution in [2.75, 3.05) is 0 Å². The summed E-state index contributed by atoms with van der Waals surface area (Å²) in [4.78, 5) is 0. The standard InChI is InChI=1S/C21H32GeN/c1-15(2)11-18-10-9-16(3)19(13-18)21-12-17(4)20(14-23(21)8)22(5,6)7/h9-10,12-15H,11H2,1-8H3/q+1. The Bertz CT molecular complexity index is 709. The van der Waals surface area contributed by atoms with E-state index in [-0.39, 0.29) is 0 Å². The third-order valence-electron chi connectivity index (χ3n) is 4.51. The van der Waals surface area contributed by atoms with E-state index in [4.69, 9.17) is 0 Å². The molecule has 0 unspecified atom stereocenters. The van der Waals surface area contributed by atoms with Crippen LogP contribution in [0.3, 0.4) is 0 Å². The Labute approximate surface area is 145 Å². The Morgan fingerprint density at radius 1 is 1.00 bits per heavy atom. The van der Waals surface area contributed by atoms with Crippen molar-refractivity contribution in [3.05, 3.63) is 47.2 Å². The molecular formula is C21H32GeN+. The Kier molecular flexibility index (Phi) is 5.40. The molecule has 0 bridgehead atoms. The summed E-state index contributed by atoms with van der Waals surface area (Å²) in [7, 11) is 2.20. The Hall–Kier alpha value is -1.09. The van der Waals surface area contributed by atoms with Gasteiger partial charge in [-0.25, -0.2) is 0 Å². The summed E-state index contributed by atoms with van der Waals surface area (Å²) in [6, 6.07) is 9.35. The van der Waals surface area contributed by atoms with Crippen molar-refractivity contribution in [1.29, 1.82) is 0 Å². The van der Waals surface area contributed by atoms with E-state index >= 15 is 0 Å². The zero-order valence-electron chi connectivity index (χ0n) is 16.1. The summed E-state index contributed by atoms with van der Waals surface area (Å²) in [6.07, 6.45) is 3.53. The second-order valence-electron chi connectivity index (χ2n) is 8.36. The second kappa shape index (κ2) is 6.80. The molecule has 1 aromatic carbocycles. The summed E-state index contributed by atoms with van der Waals surface area (Å²) in [5.74, 6) is 8.10. The molecule has 0 amide bonds. The summed E-state index contributed by atoms with van der Waals surface area (Å²) in [5, 5.41) is 0. The van der Waals surface area contributed by atoms with Crippen LogP contribution < -0.4 is 8.96 Å². The number of rotatable bonds is 4. The topological polar surface area (TPSA) is 3.88 Å². The molecule has 0 saturated heterocycles. The van der Waals surface area contributed by atoms with Crippen LogP contribution >= 0.6 is 0 Å². The van der Waals surface area contributed by atoms with E-state index in [2.05, 4.69) is 87.0 Å². The fourth-order valence-corrected chi connectivity index (χ4v) is 7.20. The summed E-state index contributed by atoms with van der Waals surface area (Å²) in [6.45, 7) is 9.07. The summed E-state index contributed by atoms with van der Waals surface area (Å²) in [5.41, 5.74) is 6.97. The first-order valence-electron chi connectivity index (χ1n) is 8.70. The number of aryl methyl sites for hydroxylation is 3. The molecule has 0 N–H and O–H groups in total. The molecule has 2 aromatic rings. The first-order valence-corrected chi connectivity index (χ1v) is 16.0. The van der Waals surface area contributed by atoms with Crippen LogP contribution in [0, 0.1) is 19.8 Å². The molecule has 0 saturated carbocycles. The number of hydrogen-bond donors (Lipinski definition) is 0. The van der Waals surface area contributed by atoms with Gasteiger partial charge in [-0.3, -0.25) is 0 Å². The molecule has 0 spiro atoms. The zero-order chi connectivity index (χ0) is 17.4. The molecule has 0 radical (unpaired) electrons. The fourth-order valence-electron chi connectivity index (χ4n) is 3.35. The molecule has 0 atom stereocenters. The van der Waals surface area contributed by atoms with Gasteiger partial charge >= 0.3 is 145 Å². The van der Waals surface area contributed by atoms with Gasteiger partial charge in [0.15, 0.2) is 0 Å². The zero-order valence-corrected chi connectivity index (χ0v) is 18.2. The van der Waals surface area contributed by atoms with E-state index in [0.717, 1.165) is 6.42 Å². The molecular weight excluding hydrogens is 339 g/mol. The van der Waals surface area contributed by atoms with E-state index < -0.39 is 13.3 Å². The van der Waals surface area contributed by atoms with Crippen LogP contribution in [0.25, 0.3) is 11.3 Å². The third kappa shape index (κ3) is 4.26. The molecule has 124 valence electrons. The maximum absolute atomic E-state index is 2.47. The van der Waals surface area contributed by atoms with Crippen LogP contribution in [0.4, 0.5) is 0 Å². The van der Waals surface area contributed by atoms with Gasteiger partial charge in [0, 0.05) is 0 Å². The maximum atomic E-state index is 2.47. The number of benzene rings is 1. The van der Waals surface area contributed by atoms with Crippen LogP contribution in [0.1, 0.15) is 30.5 Å². The summed E-state index contributed by atoms with van der Waals surface area (Å²) >= 11 is -1.82. The van der Waals surface area contributed by atoms with Crippen LogP contribution in [-0.4, -0.2) is 13.3 Å². The van der Waals surface area contributed by atoms with Crippen LogP contribution in [0.15, 0.2) is 30.5 Å². The summed E-state index contributed by atoms with van der Waals surface area (Å²) < 4.78 is 3.94. The molecule has 1 nitrogen and oxygen atoms in total. The second-order valence-corrected chi connectivity index (χ2v) is 18.9. The molecule has 0 fully saturated rings. The predicted molar refractivity (Wildman–Crippen MR) is 104 cm³/mol. The van der Waals surface area contributed by atoms with Crippen molar-refractivity contribution < 1.29 is 4.57 Å². The SMILES string of the molecule is Cc1ccc(CC(C)C)cc1-c1cc(C)[c]([Ge]([CH3])([CH3])[CH3])c[n+]1C. The van der Waals surface area contributed by atoms with Gasteiger partial charge in [0.2, 0.25) is 0 Å². The van der Waals surface area contributed by atoms with Gasteiger partial charge < -0.3 is 0 Å². The molecule has 0 aliphatic carbocycles. The van der Waals surface area contributed by atoms with Crippen LogP contribution in [0.2, 0.25) is 17.3 Å². The Morgan fingerprint density at radius 2 is 1.65 bits per heavy atom. The van der Waals surface area contributed by atoms with Crippen LogP contribution in [-0.2, 0) is 13.5 Å². The van der Waals surface area contributed by atoms with Gasteiger partial charge in [-0.1, -0.05) is 0 Å². The number of aromatic nitrogens is 1. The van der Waals surface area contributed by atoms with Gasteiger partial charge in [0.1, 0.15) is 0 Å². The molecule has 23 heavy (non-hydrogen) atoms.